The lowest BCUT2D eigenvalue weighted by Crippen LogP contribution is -2.45. The molecule has 1 saturated heterocycles. The number of thiazole rings is 1. The van der Waals surface area contributed by atoms with E-state index in [9.17, 15) is 27.2 Å². The zero-order valence-corrected chi connectivity index (χ0v) is 18.5. The number of nitrogens with one attached hydrogen (secondary N) is 2. The Balaban J connectivity index is 1.38. The minimum Gasteiger partial charge on any atom is -0.350 e. The third-order valence-corrected chi connectivity index (χ3v) is 6.11. The van der Waals surface area contributed by atoms with Crippen LogP contribution in [-0.4, -0.2) is 34.3 Å². The molecule has 3 aromatic rings. The predicted octanol–water partition coefficient (Wildman–Crippen LogP) is 4.97. The number of hydrogen-bond donors (Lipinski definition) is 2. The Morgan fingerprint density at radius 1 is 1.15 bits per heavy atom. The second-order valence-electron chi connectivity index (χ2n) is 7.74. The first kappa shape index (κ1) is 23.7. The van der Waals surface area contributed by atoms with Gasteiger partial charge in [-0.05, 0) is 54.8 Å². The number of benzene rings is 2. The first-order valence-electron chi connectivity index (χ1n) is 10.4. The Hall–Kier alpha value is -3.47. The molecule has 1 aromatic heterocycles. The molecular formula is C23H20F4N4O2S. The molecule has 0 bridgehead atoms. The van der Waals surface area contributed by atoms with Gasteiger partial charge in [-0.3, -0.25) is 9.59 Å². The highest BCUT2D eigenvalue weighted by molar-refractivity contribution is 7.14. The molecule has 0 radical (unpaired) electrons. The van der Waals surface area contributed by atoms with Crippen molar-refractivity contribution < 1.29 is 27.2 Å². The maximum atomic E-state index is 13.1. The van der Waals surface area contributed by atoms with Gasteiger partial charge in [0.1, 0.15) is 17.6 Å². The van der Waals surface area contributed by atoms with Crippen molar-refractivity contribution in [3.8, 4) is 0 Å². The Kier molecular flexibility index (Phi) is 6.82. The predicted molar refractivity (Wildman–Crippen MR) is 119 cm³/mol. The van der Waals surface area contributed by atoms with E-state index in [2.05, 4.69) is 15.6 Å². The quantitative estimate of drug-likeness (QED) is 0.477. The maximum Gasteiger partial charge on any atom is 0.416 e. The van der Waals surface area contributed by atoms with Crippen molar-refractivity contribution in [1.82, 2.24) is 15.2 Å². The van der Waals surface area contributed by atoms with Gasteiger partial charge < -0.3 is 15.5 Å². The lowest BCUT2D eigenvalue weighted by molar-refractivity contribution is -0.137. The van der Waals surface area contributed by atoms with Crippen molar-refractivity contribution in [2.24, 2.45) is 0 Å². The fraction of sp³-hybridized carbons (Fsp3) is 0.261. The summed E-state index contributed by atoms with van der Waals surface area (Å²) >= 11 is 1.20. The molecule has 4 rings (SSSR count). The van der Waals surface area contributed by atoms with Gasteiger partial charge >= 0.3 is 6.18 Å². The van der Waals surface area contributed by atoms with Gasteiger partial charge in [0.2, 0.25) is 5.91 Å². The van der Waals surface area contributed by atoms with Crippen LogP contribution >= 0.6 is 11.3 Å². The molecule has 0 aliphatic carbocycles. The molecule has 0 spiro atoms. The van der Waals surface area contributed by atoms with Gasteiger partial charge in [0.05, 0.1) is 5.56 Å². The molecule has 1 aliphatic rings. The van der Waals surface area contributed by atoms with E-state index in [4.69, 9.17) is 0 Å². The van der Waals surface area contributed by atoms with Crippen LogP contribution in [0.2, 0.25) is 0 Å². The highest BCUT2D eigenvalue weighted by Gasteiger charge is 2.35. The molecule has 178 valence electrons. The van der Waals surface area contributed by atoms with Crippen molar-refractivity contribution in [3.05, 3.63) is 76.5 Å². The normalized spacial score (nSPS) is 15.9. The Bertz CT molecular complexity index is 1180. The second-order valence-corrected chi connectivity index (χ2v) is 8.60. The summed E-state index contributed by atoms with van der Waals surface area (Å²) in [6.07, 6.45) is -3.39. The van der Waals surface area contributed by atoms with Gasteiger partial charge in [-0.2, -0.15) is 13.2 Å². The third-order valence-electron chi connectivity index (χ3n) is 5.36. The molecule has 1 fully saturated rings. The summed E-state index contributed by atoms with van der Waals surface area (Å²) in [6.45, 7) is 0.294. The zero-order valence-electron chi connectivity index (χ0n) is 17.7. The van der Waals surface area contributed by atoms with Gasteiger partial charge in [-0.1, -0.05) is 12.1 Å². The first-order valence-corrected chi connectivity index (χ1v) is 11.3. The highest BCUT2D eigenvalue weighted by atomic mass is 32.1. The monoisotopic (exact) mass is 492 g/mol. The van der Waals surface area contributed by atoms with Crippen molar-refractivity contribution in [2.45, 2.75) is 31.6 Å². The molecule has 2 aromatic carbocycles. The number of hydrogen-bond acceptors (Lipinski definition) is 5. The minimum absolute atomic E-state index is 0.0796. The van der Waals surface area contributed by atoms with Gasteiger partial charge in [0.15, 0.2) is 5.13 Å². The lowest BCUT2D eigenvalue weighted by atomic mass is 10.1. The molecule has 1 aliphatic heterocycles. The van der Waals surface area contributed by atoms with E-state index in [1.165, 1.54) is 40.5 Å². The number of likely N-dealkylation sites (tertiary alicyclic amines) is 1. The smallest absolute Gasteiger partial charge is 0.350 e. The van der Waals surface area contributed by atoms with Crippen LogP contribution in [0.1, 0.15) is 34.5 Å². The van der Waals surface area contributed by atoms with Crippen LogP contribution in [0.15, 0.2) is 53.9 Å². The van der Waals surface area contributed by atoms with E-state index in [-0.39, 0.29) is 18.1 Å². The molecule has 2 N–H and O–H groups in total. The number of anilines is 2. The van der Waals surface area contributed by atoms with Crippen LogP contribution in [-0.2, 0) is 17.5 Å². The number of alkyl halides is 3. The van der Waals surface area contributed by atoms with E-state index in [1.54, 1.807) is 17.5 Å². The molecule has 11 heteroatoms. The van der Waals surface area contributed by atoms with Crippen molar-refractivity contribution >= 4 is 34.0 Å². The number of aromatic nitrogens is 1. The largest absolute Gasteiger partial charge is 0.416 e. The maximum absolute atomic E-state index is 13.1. The van der Waals surface area contributed by atoms with Crippen LogP contribution in [0.25, 0.3) is 0 Å². The second kappa shape index (κ2) is 9.80. The highest BCUT2D eigenvalue weighted by Crippen LogP contribution is 2.30. The van der Waals surface area contributed by atoms with Crippen molar-refractivity contribution in [3.63, 3.8) is 0 Å². The van der Waals surface area contributed by atoms with Crippen LogP contribution in [0.4, 0.5) is 28.4 Å². The Labute approximate surface area is 196 Å². The summed E-state index contributed by atoms with van der Waals surface area (Å²) in [5, 5.41) is 7.65. The van der Waals surface area contributed by atoms with Crippen LogP contribution in [0, 0.1) is 5.82 Å². The van der Waals surface area contributed by atoms with Gasteiger partial charge in [0, 0.05) is 24.2 Å². The van der Waals surface area contributed by atoms with Crippen molar-refractivity contribution in [2.75, 3.05) is 11.9 Å². The molecule has 34 heavy (non-hydrogen) atoms. The topological polar surface area (TPSA) is 74.3 Å². The van der Waals surface area contributed by atoms with E-state index in [1.807, 2.05) is 0 Å². The average molecular weight is 492 g/mol. The van der Waals surface area contributed by atoms with E-state index in [0.717, 1.165) is 12.1 Å². The van der Waals surface area contributed by atoms with Crippen LogP contribution < -0.4 is 10.6 Å². The molecule has 2 amide bonds. The fourth-order valence-electron chi connectivity index (χ4n) is 3.68. The molecule has 1 atom stereocenters. The minimum atomic E-state index is -4.47. The van der Waals surface area contributed by atoms with Gasteiger partial charge in [-0.25, -0.2) is 9.37 Å². The van der Waals surface area contributed by atoms with Crippen LogP contribution in [0.3, 0.4) is 0 Å². The van der Waals surface area contributed by atoms with E-state index < -0.39 is 29.6 Å². The van der Waals surface area contributed by atoms with E-state index >= 15 is 0 Å². The number of rotatable bonds is 6. The standard InChI is InChI=1S/C23H20F4N4O2S/c24-16-6-8-17(9-7-16)29-22-30-18(13-34-22)21(33)31-10-2-5-19(31)20(32)28-12-14-3-1-4-15(11-14)23(25,26)27/h1,3-4,6-9,11,13,19H,2,5,10,12H2,(H,28,32)(H,29,30)/t19-/m0/s1. The summed E-state index contributed by atoms with van der Waals surface area (Å²) in [7, 11) is 0. The number of nitrogens with zero attached hydrogens (tertiary/aromatic N) is 2. The number of halogens is 4. The summed E-state index contributed by atoms with van der Waals surface area (Å²) < 4.78 is 51.7. The Morgan fingerprint density at radius 2 is 1.91 bits per heavy atom. The number of carbonyl (C=O) groups excluding carboxylic acids is 2. The molecule has 0 saturated carbocycles. The number of amides is 2. The molecule has 6 nitrogen and oxygen atoms in total. The summed E-state index contributed by atoms with van der Waals surface area (Å²) in [5.41, 5.74) is 0.315. The van der Waals surface area contributed by atoms with Crippen LogP contribution in [0.5, 0.6) is 0 Å². The fourth-order valence-corrected chi connectivity index (χ4v) is 4.38. The zero-order chi connectivity index (χ0) is 24.3. The van der Waals surface area contributed by atoms with E-state index in [0.29, 0.717) is 35.8 Å². The van der Waals surface area contributed by atoms with Crippen molar-refractivity contribution in [1.29, 1.82) is 0 Å². The van der Waals surface area contributed by atoms with Gasteiger partial charge in [-0.15, -0.1) is 11.3 Å². The lowest BCUT2D eigenvalue weighted by Gasteiger charge is -2.23. The first-order chi connectivity index (χ1) is 16.2. The SMILES string of the molecule is O=C(NCc1cccc(C(F)(F)F)c1)[C@@H]1CCCN1C(=O)c1csc(Nc2ccc(F)cc2)n1. The molecular weight excluding hydrogens is 472 g/mol. The summed E-state index contributed by atoms with van der Waals surface area (Å²) in [5.74, 6) is -1.20. The average Bonchev–Trinajstić information content (AvgIpc) is 3.48. The van der Waals surface area contributed by atoms with Gasteiger partial charge in [0.25, 0.3) is 5.91 Å². The number of carbonyl (C=O) groups is 2. The Morgan fingerprint density at radius 3 is 2.65 bits per heavy atom. The third kappa shape index (κ3) is 5.53. The summed E-state index contributed by atoms with van der Waals surface area (Å²) in [4.78, 5) is 31.4. The molecule has 2 heterocycles. The summed E-state index contributed by atoms with van der Waals surface area (Å²) in [6, 6.07) is 9.70. The molecule has 0 unspecified atom stereocenters.